The predicted molar refractivity (Wildman–Crippen MR) is 46.6 cm³/mol. The molecule has 0 bridgehead atoms. The van der Waals surface area contributed by atoms with Gasteiger partial charge in [0.05, 0.1) is 12.2 Å². The van der Waals surface area contributed by atoms with Gasteiger partial charge in [0.1, 0.15) is 5.82 Å². The molecule has 65 valence electrons. The second-order valence-corrected chi connectivity index (χ2v) is 2.98. The first-order valence-electron chi connectivity index (χ1n) is 3.97. The smallest absolute Gasteiger partial charge is 0.333 e. The maximum Gasteiger partial charge on any atom is 0.333 e. The molecule has 2 rings (SSSR count). The molecule has 1 heterocycles. The Morgan fingerprint density at radius 3 is 3.08 bits per heavy atom. The number of Topliss-reactive ketones (excluding diaryl/α,β-unsaturated/α-hetero) is 1. The lowest BCUT2D eigenvalue weighted by atomic mass is 9.85. The molecule has 1 aromatic rings. The van der Waals surface area contributed by atoms with Gasteiger partial charge in [-0.1, -0.05) is 6.07 Å². The van der Waals surface area contributed by atoms with Crippen LogP contribution in [0.25, 0.3) is 0 Å². The van der Waals surface area contributed by atoms with Crippen LogP contribution in [0, 0.1) is 5.82 Å². The highest BCUT2D eigenvalue weighted by Crippen LogP contribution is 2.13. The molecule has 0 aliphatic carbocycles. The van der Waals surface area contributed by atoms with Gasteiger partial charge in [-0.2, -0.15) is 0 Å². The second-order valence-electron chi connectivity index (χ2n) is 2.98. The highest BCUT2D eigenvalue weighted by atomic mass is 19.1. The van der Waals surface area contributed by atoms with Gasteiger partial charge in [-0.15, -0.1) is 0 Å². The molecule has 0 amide bonds. The molecule has 0 N–H and O–H groups in total. The zero-order valence-electron chi connectivity index (χ0n) is 7.13. The van der Waals surface area contributed by atoms with Crippen LogP contribution in [0.5, 0.6) is 0 Å². The van der Waals surface area contributed by atoms with Crippen molar-refractivity contribution in [1.29, 1.82) is 0 Å². The minimum absolute atomic E-state index is 0.125. The minimum atomic E-state index is -0.470. The van der Waals surface area contributed by atoms with E-state index in [0.29, 0.717) is 12.1 Å². The van der Waals surface area contributed by atoms with Gasteiger partial charge in [0.2, 0.25) is 0 Å². The topological polar surface area (TPSA) is 26.3 Å². The molecule has 0 fully saturated rings. The fraction of sp³-hybridized carbons (Fsp3) is 0.222. The molecule has 0 unspecified atom stereocenters. The monoisotopic (exact) mass is 177 g/mol. The van der Waals surface area contributed by atoms with E-state index >= 15 is 0 Å². The molecule has 1 aliphatic heterocycles. The third-order valence-electron chi connectivity index (χ3n) is 2.09. The molecule has 4 heteroatoms. The third kappa shape index (κ3) is 1.27. The Kier molecular flexibility index (Phi) is 1.92. The van der Waals surface area contributed by atoms with Gasteiger partial charge >= 0.3 is 7.48 Å². The van der Waals surface area contributed by atoms with E-state index in [9.17, 15) is 9.18 Å². The van der Waals surface area contributed by atoms with Crippen molar-refractivity contribution >= 4 is 18.7 Å². The molecule has 0 saturated carbocycles. The molecule has 0 aromatic heterocycles. The van der Waals surface area contributed by atoms with Gasteiger partial charge in [0, 0.05) is 0 Å². The first kappa shape index (κ1) is 8.44. The first-order chi connectivity index (χ1) is 6.20. The zero-order valence-corrected chi connectivity index (χ0v) is 7.13. The van der Waals surface area contributed by atoms with Crippen LogP contribution >= 0.6 is 0 Å². The Balaban J connectivity index is 2.59. The fourth-order valence-electron chi connectivity index (χ4n) is 1.37. The maximum atomic E-state index is 13.5. The van der Waals surface area contributed by atoms with Crippen molar-refractivity contribution in [2.45, 2.75) is 13.5 Å². The Morgan fingerprint density at radius 2 is 2.38 bits per heavy atom. The Bertz CT molecular complexity index is 376. The summed E-state index contributed by atoms with van der Waals surface area (Å²) < 4.78 is 18.4. The van der Waals surface area contributed by atoms with Crippen LogP contribution in [0.1, 0.15) is 22.8 Å². The van der Waals surface area contributed by atoms with Crippen molar-refractivity contribution in [1.82, 2.24) is 0 Å². The number of halogens is 1. The van der Waals surface area contributed by atoms with Crippen LogP contribution in [0.2, 0.25) is 0 Å². The predicted octanol–water partition coefficient (Wildman–Crippen LogP) is 0.803. The Labute approximate surface area is 76.0 Å². The number of carbonyl (C=O) groups excluding carboxylic acids is 1. The molecule has 0 saturated heterocycles. The van der Waals surface area contributed by atoms with E-state index in [0.717, 1.165) is 5.56 Å². The minimum Gasteiger partial charge on any atom is -0.430 e. The largest absolute Gasteiger partial charge is 0.430 e. The second kappa shape index (κ2) is 2.96. The summed E-state index contributed by atoms with van der Waals surface area (Å²) in [6, 6.07) is 3.22. The van der Waals surface area contributed by atoms with E-state index in [1.807, 2.05) is 0 Å². The van der Waals surface area contributed by atoms with E-state index in [1.54, 1.807) is 6.07 Å². The highest BCUT2D eigenvalue weighted by molar-refractivity contribution is 6.49. The molecule has 1 aliphatic rings. The summed E-state index contributed by atoms with van der Waals surface area (Å²) in [7, 11) is 1.36. The average Bonchev–Trinajstić information content (AvgIpc) is 2.52. The Morgan fingerprint density at radius 1 is 1.62 bits per heavy atom. The number of hydrogen-bond donors (Lipinski definition) is 0. The normalized spacial score (nSPS) is 13.7. The molecule has 1 radical (unpaired) electrons. The molecule has 1 aromatic carbocycles. The summed E-state index contributed by atoms with van der Waals surface area (Å²) in [6.07, 6.45) is 0. The lowest BCUT2D eigenvalue weighted by Gasteiger charge is -2.02. The summed E-state index contributed by atoms with van der Waals surface area (Å²) in [5.74, 6) is -0.733. The Hall–Kier alpha value is -1.16. The molecule has 2 nitrogen and oxygen atoms in total. The van der Waals surface area contributed by atoms with Gasteiger partial charge in [0.15, 0.2) is 5.78 Å². The van der Waals surface area contributed by atoms with Gasteiger partial charge in [0.25, 0.3) is 0 Å². The van der Waals surface area contributed by atoms with E-state index in [1.165, 1.54) is 20.5 Å². The SMILES string of the molecule is CC(=O)c1ccc2c(c1F)[B]OC2. The van der Waals surface area contributed by atoms with E-state index in [2.05, 4.69) is 0 Å². The summed E-state index contributed by atoms with van der Waals surface area (Å²) in [5.41, 5.74) is 1.33. The van der Waals surface area contributed by atoms with Gasteiger partial charge in [-0.3, -0.25) is 4.79 Å². The summed E-state index contributed by atoms with van der Waals surface area (Å²) in [6.45, 7) is 1.74. The number of rotatable bonds is 1. The first-order valence-corrected chi connectivity index (χ1v) is 3.97. The number of fused-ring (bicyclic) bond motifs is 1. The lowest BCUT2D eigenvalue weighted by Crippen LogP contribution is -2.19. The highest BCUT2D eigenvalue weighted by Gasteiger charge is 2.21. The van der Waals surface area contributed by atoms with Gasteiger partial charge in [-0.25, -0.2) is 4.39 Å². The van der Waals surface area contributed by atoms with Crippen LogP contribution in [0.15, 0.2) is 12.1 Å². The molecular weight excluding hydrogens is 170 g/mol. The summed E-state index contributed by atoms with van der Waals surface area (Å²) in [4.78, 5) is 11.0. The van der Waals surface area contributed by atoms with E-state index in [4.69, 9.17) is 4.65 Å². The molecular formula is C9H7BFO2. The number of ketones is 1. The summed E-state index contributed by atoms with van der Waals surface area (Å²) in [5, 5.41) is 0. The standard InChI is InChI=1S/C9H7BFO2/c1-5(12)7-3-2-6-4-13-10-8(6)9(7)11/h2-3H,4H2,1H3. The van der Waals surface area contributed by atoms with Crippen LogP contribution in [0.4, 0.5) is 4.39 Å². The van der Waals surface area contributed by atoms with Gasteiger partial charge in [-0.05, 0) is 24.0 Å². The van der Waals surface area contributed by atoms with E-state index in [-0.39, 0.29) is 11.3 Å². The molecule has 13 heavy (non-hydrogen) atoms. The third-order valence-corrected chi connectivity index (χ3v) is 2.09. The van der Waals surface area contributed by atoms with Crippen molar-refractivity contribution in [2.24, 2.45) is 0 Å². The van der Waals surface area contributed by atoms with Crippen LogP contribution in [-0.4, -0.2) is 13.3 Å². The van der Waals surface area contributed by atoms with Crippen LogP contribution in [-0.2, 0) is 11.3 Å². The summed E-state index contributed by atoms with van der Waals surface area (Å²) >= 11 is 0. The quantitative estimate of drug-likeness (QED) is 0.468. The van der Waals surface area contributed by atoms with Crippen molar-refractivity contribution in [3.05, 3.63) is 29.1 Å². The number of hydrogen-bond acceptors (Lipinski definition) is 2. The van der Waals surface area contributed by atoms with Crippen molar-refractivity contribution < 1.29 is 13.8 Å². The van der Waals surface area contributed by atoms with Crippen molar-refractivity contribution in [3.8, 4) is 0 Å². The number of carbonyl (C=O) groups is 1. The van der Waals surface area contributed by atoms with Crippen molar-refractivity contribution in [2.75, 3.05) is 0 Å². The number of benzene rings is 1. The maximum absolute atomic E-state index is 13.5. The van der Waals surface area contributed by atoms with Crippen molar-refractivity contribution in [3.63, 3.8) is 0 Å². The fourth-order valence-corrected chi connectivity index (χ4v) is 1.37. The zero-order chi connectivity index (χ0) is 9.42. The van der Waals surface area contributed by atoms with Crippen LogP contribution < -0.4 is 5.46 Å². The van der Waals surface area contributed by atoms with Gasteiger partial charge < -0.3 is 4.65 Å². The average molecular weight is 177 g/mol. The molecule has 0 atom stereocenters. The van der Waals surface area contributed by atoms with E-state index < -0.39 is 5.82 Å². The lowest BCUT2D eigenvalue weighted by molar-refractivity contribution is 0.101. The van der Waals surface area contributed by atoms with Crippen LogP contribution in [0.3, 0.4) is 0 Å². The molecule has 0 spiro atoms.